The molecule has 218 valence electrons. The van der Waals surface area contributed by atoms with Gasteiger partial charge in [0.15, 0.2) is 5.78 Å². The largest absolute Gasteiger partial charge is 0.423 e. The Hall–Kier alpha value is -5.45. The van der Waals surface area contributed by atoms with E-state index in [4.69, 9.17) is 4.74 Å². The van der Waals surface area contributed by atoms with Crippen LogP contribution in [-0.2, 0) is 9.59 Å². The van der Waals surface area contributed by atoms with Crippen LogP contribution in [0.2, 0.25) is 0 Å². The molecule has 0 bridgehead atoms. The minimum absolute atomic E-state index is 0.0431. The van der Waals surface area contributed by atoms with E-state index in [1.54, 1.807) is 24.3 Å². The number of hydrazine groups is 1. The van der Waals surface area contributed by atoms with Gasteiger partial charge in [0.2, 0.25) is 0 Å². The van der Waals surface area contributed by atoms with E-state index in [-0.39, 0.29) is 28.5 Å². The molecule has 0 radical (unpaired) electrons. The van der Waals surface area contributed by atoms with Crippen molar-refractivity contribution < 1.29 is 33.6 Å². The first-order chi connectivity index (χ1) is 20.5. The van der Waals surface area contributed by atoms with Crippen molar-refractivity contribution in [1.82, 2.24) is 10.0 Å². The zero-order valence-electron chi connectivity index (χ0n) is 23.3. The number of Topliss-reactive ketones (excluding diaryl/α,β-unsaturated/α-hetero) is 1. The second kappa shape index (κ2) is 11.8. The lowest BCUT2D eigenvalue weighted by molar-refractivity contribution is -0.384. The number of hydrogen-bond donors (Lipinski definition) is 0. The fourth-order valence-electron chi connectivity index (χ4n) is 5.27. The first-order valence-corrected chi connectivity index (χ1v) is 13.6. The van der Waals surface area contributed by atoms with E-state index in [0.29, 0.717) is 12.0 Å². The summed E-state index contributed by atoms with van der Waals surface area (Å²) in [6.45, 7) is 3.05. The third-order valence-electron chi connectivity index (χ3n) is 7.62. The molecule has 3 amide bonds. The van der Waals surface area contributed by atoms with E-state index in [0.717, 1.165) is 27.7 Å². The number of nitrogens with zero attached hydrogens (tertiary/aromatic N) is 3. The van der Waals surface area contributed by atoms with Crippen molar-refractivity contribution >= 4 is 35.2 Å². The summed E-state index contributed by atoms with van der Waals surface area (Å²) in [7, 11) is 0. The van der Waals surface area contributed by atoms with Gasteiger partial charge in [-0.05, 0) is 67.8 Å². The number of ether oxygens (including phenoxy) is 1. The van der Waals surface area contributed by atoms with Crippen LogP contribution in [0.4, 0.5) is 5.69 Å². The Bertz CT molecular complexity index is 1650. The molecule has 3 aromatic rings. The highest BCUT2D eigenvalue weighted by Crippen LogP contribution is 2.39. The molecule has 0 aromatic heterocycles. The standard InChI is InChI=1S/C32H27N3O8/c1-19-6-8-23(9-7-19)32(40)43-25-16-12-21(13-17-25)27(36)18-33(29(37)22-10-14-24(15-11-22)35(41)42)34-30(38)26-5-3-4-20(2)28(26)31(34)39/h3-4,6-17,20,26,28H,5,18H2,1-2H3/t20-,26+,28-/m0/s1. The summed E-state index contributed by atoms with van der Waals surface area (Å²) in [6.07, 6.45) is 3.99. The van der Waals surface area contributed by atoms with Crippen LogP contribution in [0, 0.1) is 34.8 Å². The number of amides is 3. The number of benzene rings is 3. The number of rotatable bonds is 8. The van der Waals surface area contributed by atoms with Gasteiger partial charge in [0, 0.05) is 23.3 Å². The average molecular weight is 582 g/mol. The van der Waals surface area contributed by atoms with Crippen LogP contribution in [0.25, 0.3) is 0 Å². The van der Waals surface area contributed by atoms with Crippen LogP contribution in [-0.4, -0.2) is 51.0 Å². The summed E-state index contributed by atoms with van der Waals surface area (Å²) in [5.74, 6) is -4.59. The maximum Gasteiger partial charge on any atom is 0.343 e. The number of esters is 1. The van der Waals surface area contributed by atoms with E-state index < -0.39 is 52.8 Å². The zero-order valence-corrected chi connectivity index (χ0v) is 23.3. The molecule has 1 aliphatic carbocycles. The highest BCUT2D eigenvalue weighted by atomic mass is 16.6. The van der Waals surface area contributed by atoms with Crippen molar-refractivity contribution in [1.29, 1.82) is 0 Å². The van der Waals surface area contributed by atoms with Gasteiger partial charge < -0.3 is 4.74 Å². The molecule has 0 spiro atoms. The van der Waals surface area contributed by atoms with Gasteiger partial charge in [0.25, 0.3) is 23.4 Å². The summed E-state index contributed by atoms with van der Waals surface area (Å²) in [6, 6.07) is 17.2. The summed E-state index contributed by atoms with van der Waals surface area (Å²) >= 11 is 0. The lowest BCUT2D eigenvalue weighted by Gasteiger charge is -2.30. The molecule has 2 aliphatic rings. The predicted octanol–water partition coefficient (Wildman–Crippen LogP) is 4.56. The van der Waals surface area contributed by atoms with E-state index in [1.807, 2.05) is 26.0 Å². The number of aryl methyl sites for hydroxylation is 1. The Morgan fingerprint density at radius 1 is 0.907 bits per heavy atom. The van der Waals surface area contributed by atoms with Gasteiger partial charge in [-0.25, -0.2) is 9.80 Å². The Kier molecular flexibility index (Phi) is 7.98. The summed E-state index contributed by atoms with van der Waals surface area (Å²) in [4.78, 5) is 77.0. The monoisotopic (exact) mass is 581 g/mol. The number of hydrogen-bond acceptors (Lipinski definition) is 8. The lowest BCUT2D eigenvalue weighted by atomic mass is 9.78. The van der Waals surface area contributed by atoms with Crippen LogP contribution in [0.1, 0.15) is 50.0 Å². The molecule has 3 atom stereocenters. The average Bonchev–Trinajstić information content (AvgIpc) is 3.26. The first kappa shape index (κ1) is 29.1. The second-order valence-electron chi connectivity index (χ2n) is 10.5. The van der Waals surface area contributed by atoms with Gasteiger partial charge in [-0.3, -0.25) is 29.3 Å². The molecule has 0 unspecified atom stereocenters. The molecule has 11 heteroatoms. The van der Waals surface area contributed by atoms with Gasteiger partial charge in [-0.15, -0.1) is 0 Å². The van der Waals surface area contributed by atoms with Crippen molar-refractivity contribution in [3.05, 3.63) is 117 Å². The Labute approximate surface area is 246 Å². The molecular formula is C32H27N3O8. The maximum absolute atomic E-state index is 13.7. The minimum Gasteiger partial charge on any atom is -0.423 e. The highest BCUT2D eigenvalue weighted by Gasteiger charge is 2.53. The first-order valence-electron chi connectivity index (χ1n) is 13.6. The third kappa shape index (κ3) is 5.82. The summed E-state index contributed by atoms with van der Waals surface area (Å²) in [5, 5.41) is 12.6. The predicted molar refractivity (Wildman–Crippen MR) is 153 cm³/mol. The maximum atomic E-state index is 13.7. The summed E-state index contributed by atoms with van der Waals surface area (Å²) < 4.78 is 5.39. The topological polar surface area (TPSA) is 144 Å². The molecule has 1 saturated heterocycles. The molecule has 11 nitrogen and oxygen atoms in total. The zero-order chi connectivity index (χ0) is 30.8. The van der Waals surface area contributed by atoms with E-state index >= 15 is 0 Å². The van der Waals surface area contributed by atoms with Gasteiger partial charge in [0.05, 0.1) is 22.3 Å². The van der Waals surface area contributed by atoms with Crippen LogP contribution in [0.3, 0.4) is 0 Å². The van der Waals surface area contributed by atoms with Crippen molar-refractivity contribution in [2.45, 2.75) is 20.3 Å². The number of nitro benzene ring substituents is 1. The molecule has 43 heavy (non-hydrogen) atoms. The number of non-ortho nitro benzene ring substituents is 1. The number of allylic oxidation sites excluding steroid dienone is 2. The molecule has 1 fully saturated rings. The van der Waals surface area contributed by atoms with E-state index in [2.05, 4.69) is 0 Å². The number of fused-ring (bicyclic) bond motifs is 1. The lowest BCUT2D eigenvalue weighted by Crippen LogP contribution is -2.52. The Morgan fingerprint density at radius 3 is 2.12 bits per heavy atom. The molecule has 0 N–H and O–H groups in total. The molecule has 1 aliphatic heterocycles. The Balaban J connectivity index is 1.39. The fraction of sp³-hybridized carbons (Fsp3) is 0.219. The van der Waals surface area contributed by atoms with Crippen LogP contribution >= 0.6 is 0 Å². The van der Waals surface area contributed by atoms with Crippen LogP contribution < -0.4 is 4.74 Å². The SMILES string of the molecule is Cc1ccc(C(=O)Oc2ccc(C(=O)CN(C(=O)c3ccc([N+](=O)[O-])cc3)N3C(=O)[C@H]4[C@@H](C)C=CC[C@H]4C3=O)cc2)cc1. The smallest absolute Gasteiger partial charge is 0.343 e. The molecule has 3 aromatic carbocycles. The fourth-order valence-corrected chi connectivity index (χ4v) is 5.27. The quantitative estimate of drug-likeness (QED) is 0.0716. The second-order valence-corrected chi connectivity index (χ2v) is 10.5. The number of carbonyl (C=O) groups is 5. The molecule has 1 heterocycles. The Morgan fingerprint density at radius 2 is 1.51 bits per heavy atom. The van der Waals surface area contributed by atoms with Gasteiger partial charge >= 0.3 is 5.97 Å². The molecule has 0 saturated carbocycles. The van der Waals surface area contributed by atoms with E-state index in [9.17, 15) is 34.1 Å². The van der Waals surface area contributed by atoms with Crippen LogP contribution in [0.15, 0.2) is 84.9 Å². The molecule has 5 rings (SSSR count). The van der Waals surface area contributed by atoms with Crippen molar-refractivity contribution in [2.75, 3.05) is 6.54 Å². The third-order valence-corrected chi connectivity index (χ3v) is 7.62. The number of imide groups is 1. The molecular weight excluding hydrogens is 554 g/mol. The van der Waals surface area contributed by atoms with Gasteiger partial charge in [0.1, 0.15) is 12.3 Å². The van der Waals surface area contributed by atoms with Gasteiger partial charge in [-0.2, -0.15) is 5.01 Å². The number of nitro groups is 1. The summed E-state index contributed by atoms with van der Waals surface area (Å²) in [5.41, 5.74) is 1.20. The van der Waals surface area contributed by atoms with Crippen molar-refractivity contribution in [3.63, 3.8) is 0 Å². The highest BCUT2D eigenvalue weighted by molar-refractivity contribution is 6.10. The number of carbonyl (C=O) groups excluding carboxylic acids is 5. The van der Waals surface area contributed by atoms with Crippen LogP contribution in [0.5, 0.6) is 5.75 Å². The van der Waals surface area contributed by atoms with Crippen molar-refractivity contribution in [2.24, 2.45) is 17.8 Å². The number of ketones is 1. The minimum atomic E-state index is -0.840. The van der Waals surface area contributed by atoms with E-state index in [1.165, 1.54) is 36.4 Å². The van der Waals surface area contributed by atoms with Crippen molar-refractivity contribution in [3.8, 4) is 5.75 Å². The van der Waals surface area contributed by atoms with Gasteiger partial charge in [-0.1, -0.05) is 36.8 Å². The normalized spacial score (nSPS) is 19.1.